The van der Waals surface area contributed by atoms with Gasteiger partial charge in [-0.1, -0.05) is 6.58 Å². The molecule has 5 heteroatoms. The van der Waals surface area contributed by atoms with Gasteiger partial charge >= 0.3 is 5.97 Å². The van der Waals surface area contributed by atoms with Crippen molar-refractivity contribution in [1.29, 1.82) is 0 Å². The second kappa shape index (κ2) is 8.02. The molecule has 0 saturated carbocycles. The first kappa shape index (κ1) is 16.1. The zero-order valence-electron chi connectivity index (χ0n) is 9.19. The van der Waals surface area contributed by atoms with Crippen molar-refractivity contribution in [2.45, 2.75) is 26.9 Å². The zero-order valence-corrected chi connectivity index (χ0v) is 9.19. The summed E-state index contributed by atoms with van der Waals surface area (Å²) in [5.74, 6) is -1.08. The summed E-state index contributed by atoms with van der Waals surface area (Å²) in [6.07, 6.45) is -1.12. The fourth-order valence-corrected chi connectivity index (χ4v) is 0.420. The molecule has 0 radical (unpaired) electrons. The van der Waals surface area contributed by atoms with Crippen LogP contribution in [0.5, 0.6) is 0 Å². The Labute approximate surface area is 89.0 Å². The molecule has 1 atom stereocenters. The molecule has 0 rings (SSSR count). The third-order valence-electron chi connectivity index (χ3n) is 1.37. The molecule has 1 unspecified atom stereocenters. The van der Waals surface area contributed by atoms with Crippen LogP contribution in [0.25, 0.3) is 0 Å². The van der Waals surface area contributed by atoms with Crippen LogP contribution >= 0.6 is 0 Å². The molecule has 0 aromatic rings. The smallest absolute Gasteiger partial charge is 0.330 e. The topological polar surface area (TPSA) is 98.0 Å². The summed E-state index contributed by atoms with van der Waals surface area (Å²) in [5.41, 5.74) is 0.798. The quantitative estimate of drug-likeness (QED) is 0.415. The molecule has 0 saturated heterocycles. The fraction of sp³-hybridized carbons (Fsp3) is 0.500. The van der Waals surface area contributed by atoms with Crippen LogP contribution in [0.1, 0.15) is 20.8 Å². The highest BCUT2D eigenvalue weighted by molar-refractivity contribution is 5.84. The molecule has 0 spiro atoms. The lowest BCUT2D eigenvalue weighted by Crippen LogP contribution is -2.15. The monoisotopic (exact) mass is 218 g/mol. The van der Waals surface area contributed by atoms with Gasteiger partial charge in [-0.25, -0.2) is 4.79 Å². The van der Waals surface area contributed by atoms with Crippen LogP contribution in [-0.2, 0) is 4.79 Å². The van der Waals surface area contributed by atoms with Gasteiger partial charge in [-0.05, 0) is 26.3 Å². The number of aliphatic carboxylic acids is 1. The van der Waals surface area contributed by atoms with Gasteiger partial charge in [0.25, 0.3) is 0 Å². The van der Waals surface area contributed by atoms with E-state index in [4.69, 9.17) is 20.4 Å². The Morgan fingerprint density at radius 3 is 1.67 bits per heavy atom. The lowest BCUT2D eigenvalue weighted by Gasteiger charge is -2.06. The zero-order chi connectivity index (χ0) is 12.6. The van der Waals surface area contributed by atoms with Crippen LogP contribution < -0.4 is 0 Å². The minimum absolute atomic E-state index is 0.141. The van der Waals surface area contributed by atoms with Gasteiger partial charge in [0.2, 0.25) is 0 Å². The number of carbonyl (C=O) groups is 1. The van der Waals surface area contributed by atoms with Gasteiger partial charge in [-0.2, -0.15) is 0 Å². The van der Waals surface area contributed by atoms with Crippen LogP contribution in [0, 0.1) is 0 Å². The average molecular weight is 218 g/mol. The molecule has 0 fully saturated rings. The first-order chi connectivity index (χ1) is 6.73. The van der Waals surface area contributed by atoms with Crippen molar-refractivity contribution in [3.63, 3.8) is 0 Å². The summed E-state index contributed by atoms with van der Waals surface area (Å²) >= 11 is 0. The van der Waals surface area contributed by atoms with E-state index in [9.17, 15) is 4.79 Å². The average Bonchev–Trinajstić information content (AvgIpc) is 2.16. The number of hydrogen-bond donors (Lipinski definition) is 4. The molecule has 0 aromatic heterocycles. The minimum atomic E-state index is -1.12. The third-order valence-corrected chi connectivity index (χ3v) is 1.37. The van der Waals surface area contributed by atoms with Gasteiger partial charge in [-0.15, -0.1) is 0 Å². The summed E-state index contributed by atoms with van der Waals surface area (Å²) in [4.78, 5) is 9.60. The Morgan fingerprint density at radius 1 is 1.27 bits per heavy atom. The number of aliphatic hydroxyl groups is 3. The summed E-state index contributed by atoms with van der Waals surface area (Å²) in [5, 5.41) is 33.8. The standard InChI is InChI=1S/C6H12O3.C4H6O2/c1-4(2)6(9)5(8)3-7;1-3(2)4(5)6/h5,7-9H,3H2,1-2H3;1H2,2H3,(H,5,6). The molecule has 0 heterocycles. The van der Waals surface area contributed by atoms with Crippen molar-refractivity contribution in [3.8, 4) is 0 Å². The Bertz CT molecular complexity index is 239. The summed E-state index contributed by atoms with van der Waals surface area (Å²) in [6.45, 7) is 7.49. The molecule has 0 amide bonds. The van der Waals surface area contributed by atoms with E-state index in [0.717, 1.165) is 0 Å². The van der Waals surface area contributed by atoms with E-state index in [2.05, 4.69) is 6.58 Å². The van der Waals surface area contributed by atoms with Crippen molar-refractivity contribution in [2.24, 2.45) is 0 Å². The second-order valence-corrected chi connectivity index (χ2v) is 3.17. The van der Waals surface area contributed by atoms with E-state index < -0.39 is 18.7 Å². The van der Waals surface area contributed by atoms with E-state index in [1.807, 2.05) is 0 Å². The van der Waals surface area contributed by atoms with E-state index in [1.54, 1.807) is 13.8 Å². The molecule has 0 aliphatic carbocycles. The normalized spacial score (nSPS) is 10.7. The van der Waals surface area contributed by atoms with Gasteiger partial charge in [0.05, 0.1) is 6.61 Å². The molecular formula is C10H18O5. The van der Waals surface area contributed by atoms with Crippen LogP contribution in [0.3, 0.4) is 0 Å². The molecule has 0 aromatic carbocycles. The Morgan fingerprint density at radius 2 is 1.60 bits per heavy atom. The highest BCUT2D eigenvalue weighted by Crippen LogP contribution is 2.03. The van der Waals surface area contributed by atoms with Crippen LogP contribution in [-0.4, -0.2) is 39.1 Å². The largest absolute Gasteiger partial charge is 0.510 e. The van der Waals surface area contributed by atoms with E-state index in [1.165, 1.54) is 6.92 Å². The fourth-order valence-electron chi connectivity index (χ4n) is 0.420. The van der Waals surface area contributed by atoms with E-state index in [0.29, 0.717) is 5.57 Å². The first-order valence-electron chi connectivity index (χ1n) is 4.28. The SMILES string of the molecule is C=C(C)C(=O)O.CC(C)=C(O)C(O)CO. The maximum atomic E-state index is 9.60. The highest BCUT2D eigenvalue weighted by atomic mass is 16.4. The predicted molar refractivity (Wildman–Crippen MR) is 56.5 cm³/mol. The van der Waals surface area contributed by atoms with Gasteiger partial charge < -0.3 is 20.4 Å². The minimum Gasteiger partial charge on any atom is -0.510 e. The van der Waals surface area contributed by atoms with Crippen LogP contribution in [0.2, 0.25) is 0 Å². The van der Waals surface area contributed by atoms with Gasteiger partial charge in [0.15, 0.2) is 0 Å². The number of carboxylic acid groups (broad SMARTS) is 1. The van der Waals surface area contributed by atoms with Crippen molar-refractivity contribution >= 4 is 5.97 Å². The van der Waals surface area contributed by atoms with Crippen molar-refractivity contribution in [2.75, 3.05) is 6.61 Å². The Kier molecular flexibility index (Phi) is 8.61. The summed E-state index contributed by atoms with van der Waals surface area (Å²) in [7, 11) is 0. The number of allylic oxidation sites excluding steroid dienone is 1. The third kappa shape index (κ3) is 8.99. The molecular weight excluding hydrogens is 200 g/mol. The van der Waals surface area contributed by atoms with Gasteiger partial charge in [0.1, 0.15) is 11.9 Å². The van der Waals surface area contributed by atoms with E-state index >= 15 is 0 Å². The molecule has 0 aliphatic rings. The molecule has 0 bridgehead atoms. The highest BCUT2D eigenvalue weighted by Gasteiger charge is 2.07. The molecule has 4 N–H and O–H groups in total. The molecule has 0 aliphatic heterocycles. The summed E-state index contributed by atoms with van der Waals surface area (Å²) in [6, 6.07) is 0. The number of rotatable bonds is 3. The number of aliphatic hydroxyl groups excluding tert-OH is 3. The van der Waals surface area contributed by atoms with Gasteiger partial charge in [-0.3, -0.25) is 0 Å². The molecule has 15 heavy (non-hydrogen) atoms. The number of hydrogen-bond acceptors (Lipinski definition) is 4. The summed E-state index contributed by atoms with van der Waals surface area (Å²) < 4.78 is 0. The van der Waals surface area contributed by atoms with E-state index in [-0.39, 0.29) is 11.3 Å². The first-order valence-corrected chi connectivity index (χ1v) is 4.28. The van der Waals surface area contributed by atoms with Crippen molar-refractivity contribution in [3.05, 3.63) is 23.5 Å². The Balaban J connectivity index is 0. The predicted octanol–water partition coefficient (Wildman–Crippen LogP) is 0.839. The van der Waals surface area contributed by atoms with Crippen LogP contribution in [0.4, 0.5) is 0 Å². The van der Waals surface area contributed by atoms with Gasteiger partial charge in [0, 0.05) is 5.57 Å². The number of carboxylic acids is 1. The van der Waals surface area contributed by atoms with Crippen molar-refractivity contribution < 1.29 is 25.2 Å². The molecule has 88 valence electrons. The lowest BCUT2D eigenvalue weighted by atomic mass is 10.2. The maximum absolute atomic E-state index is 9.60. The van der Waals surface area contributed by atoms with Crippen molar-refractivity contribution in [1.82, 2.24) is 0 Å². The lowest BCUT2D eigenvalue weighted by molar-refractivity contribution is -0.132. The molecule has 5 nitrogen and oxygen atoms in total. The second-order valence-electron chi connectivity index (χ2n) is 3.17. The van der Waals surface area contributed by atoms with Crippen LogP contribution in [0.15, 0.2) is 23.5 Å². The Hall–Kier alpha value is -1.33. The maximum Gasteiger partial charge on any atom is 0.330 e.